The SMILES string of the molecule is COC(=O)COc1cc(-c2ccc(F)cc2)nc2ccc(NC(C)=O)cc12. The van der Waals surface area contributed by atoms with Crippen molar-refractivity contribution >= 4 is 28.5 Å². The largest absolute Gasteiger partial charge is 0.481 e. The maximum Gasteiger partial charge on any atom is 0.343 e. The first-order valence-electron chi connectivity index (χ1n) is 8.14. The molecule has 0 saturated heterocycles. The molecule has 1 amide bonds. The van der Waals surface area contributed by atoms with Crippen molar-refractivity contribution in [2.24, 2.45) is 0 Å². The summed E-state index contributed by atoms with van der Waals surface area (Å²) in [5, 5.41) is 3.32. The lowest BCUT2D eigenvalue weighted by Gasteiger charge is -2.12. The number of methoxy groups -OCH3 is 1. The van der Waals surface area contributed by atoms with Gasteiger partial charge in [0.2, 0.25) is 5.91 Å². The number of carbonyl (C=O) groups excluding carboxylic acids is 2. The van der Waals surface area contributed by atoms with E-state index in [9.17, 15) is 14.0 Å². The second-order valence-corrected chi connectivity index (χ2v) is 5.79. The van der Waals surface area contributed by atoms with Crippen molar-refractivity contribution in [2.75, 3.05) is 19.0 Å². The van der Waals surface area contributed by atoms with E-state index in [1.54, 1.807) is 36.4 Å². The van der Waals surface area contributed by atoms with E-state index in [2.05, 4.69) is 15.0 Å². The minimum atomic E-state index is -0.527. The molecule has 3 rings (SSSR count). The molecule has 0 spiro atoms. The van der Waals surface area contributed by atoms with Gasteiger partial charge >= 0.3 is 5.97 Å². The monoisotopic (exact) mass is 368 g/mol. The third kappa shape index (κ3) is 4.38. The van der Waals surface area contributed by atoms with Crippen molar-refractivity contribution in [2.45, 2.75) is 6.92 Å². The minimum absolute atomic E-state index is 0.206. The number of ether oxygens (including phenoxy) is 2. The van der Waals surface area contributed by atoms with Crippen LogP contribution in [-0.2, 0) is 14.3 Å². The van der Waals surface area contributed by atoms with Crippen LogP contribution in [0.2, 0.25) is 0 Å². The predicted molar refractivity (Wildman–Crippen MR) is 99.0 cm³/mol. The number of nitrogens with one attached hydrogen (secondary N) is 1. The van der Waals surface area contributed by atoms with Gasteiger partial charge in [-0.05, 0) is 42.5 Å². The molecule has 0 aliphatic rings. The number of hydrogen-bond acceptors (Lipinski definition) is 5. The highest BCUT2D eigenvalue weighted by atomic mass is 19.1. The van der Waals surface area contributed by atoms with Crippen molar-refractivity contribution in [3.05, 3.63) is 54.3 Å². The molecule has 1 heterocycles. The number of hydrogen-bond donors (Lipinski definition) is 1. The Labute approximate surface area is 154 Å². The zero-order chi connectivity index (χ0) is 19.4. The molecule has 0 fully saturated rings. The molecule has 6 nitrogen and oxygen atoms in total. The molecule has 0 aliphatic carbocycles. The molecule has 0 atom stereocenters. The summed E-state index contributed by atoms with van der Waals surface area (Å²) in [4.78, 5) is 27.3. The van der Waals surface area contributed by atoms with Crippen molar-refractivity contribution in [1.29, 1.82) is 0 Å². The standard InChI is InChI=1S/C20H17FN2O4/c1-12(24)22-15-7-8-17-16(9-15)19(27-11-20(25)26-2)10-18(23-17)13-3-5-14(21)6-4-13/h3-10H,11H2,1-2H3,(H,22,24). The molecule has 138 valence electrons. The van der Waals surface area contributed by atoms with E-state index >= 15 is 0 Å². The van der Waals surface area contributed by atoms with Gasteiger partial charge in [-0.3, -0.25) is 4.79 Å². The quantitative estimate of drug-likeness (QED) is 0.697. The highest BCUT2D eigenvalue weighted by Gasteiger charge is 2.12. The first kappa shape index (κ1) is 18.3. The Balaban J connectivity index is 2.09. The number of benzene rings is 2. The van der Waals surface area contributed by atoms with Crippen LogP contribution in [0.3, 0.4) is 0 Å². The van der Waals surface area contributed by atoms with Gasteiger partial charge in [0.05, 0.1) is 18.3 Å². The van der Waals surface area contributed by atoms with Crippen LogP contribution in [0.4, 0.5) is 10.1 Å². The van der Waals surface area contributed by atoms with Crippen LogP contribution in [0.1, 0.15) is 6.92 Å². The van der Waals surface area contributed by atoms with E-state index in [0.717, 1.165) is 0 Å². The van der Waals surface area contributed by atoms with Gasteiger partial charge in [0, 0.05) is 29.6 Å². The third-order valence-electron chi connectivity index (χ3n) is 3.80. The molecule has 0 aliphatic heterocycles. The van der Waals surface area contributed by atoms with Crippen LogP contribution in [-0.4, -0.2) is 30.6 Å². The molecular formula is C20H17FN2O4. The van der Waals surface area contributed by atoms with Crippen LogP contribution in [0.5, 0.6) is 5.75 Å². The van der Waals surface area contributed by atoms with E-state index in [4.69, 9.17) is 4.74 Å². The zero-order valence-electron chi connectivity index (χ0n) is 14.8. The van der Waals surface area contributed by atoms with Gasteiger partial charge in [-0.2, -0.15) is 0 Å². The van der Waals surface area contributed by atoms with Gasteiger partial charge in [-0.25, -0.2) is 14.2 Å². The second kappa shape index (κ2) is 7.82. The summed E-state index contributed by atoms with van der Waals surface area (Å²) in [6, 6.07) is 12.7. The molecule has 1 N–H and O–H groups in total. The summed E-state index contributed by atoms with van der Waals surface area (Å²) >= 11 is 0. The molecule has 0 bridgehead atoms. The number of nitrogens with zero attached hydrogens (tertiary/aromatic N) is 1. The maximum atomic E-state index is 13.2. The first-order chi connectivity index (χ1) is 13.0. The number of rotatable bonds is 5. The molecule has 27 heavy (non-hydrogen) atoms. The van der Waals surface area contributed by atoms with Crippen molar-refractivity contribution in [3.8, 4) is 17.0 Å². The molecule has 7 heteroatoms. The number of pyridine rings is 1. The Bertz CT molecular complexity index is 1000. The van der Waals surface area contributed by atoms with Crippen LogP contribution in [0.15, 0.2) is 48.5 Å². The Kier molecular flexibility index (Phi) is 5.30. The summed E-state index contributed by atoms with van der Waals surface area (Å²) in [7, 11) is 1.27. The minimum Gasteiger partial charge on any atom is -0.481 e. The number of halogens is 1. The average Bonchev–Trinajstić information content (AvgIpc) is 2.65. The van der Waals surface area contributed by atoms with Gasteiger partial charge in [-0.1, -0.05) is 0 Å². The number of carbonyl (C=O) groups is 2. The van der Waals surface area contributed by atoms with Gasteiger partial charge in [0.1, 0.15) is 11.6 Å². The lowest BCUT2D eigenvalue weighted by atomic mass is 10.1. The van der Waals surface area contributed by atoms with Crippen LogP contribution >= 0.6 is 0 Å². The molecule has 2 aromatic carbocycles. The summed E-state index contributed by atoms with van der Waals surface area (Å²) < 4.78 is 23.4. The fourth-order valence-corrected chi connectivity index (χ4v) is 2.56. The fraction of sp³-hybridized carbons (Fsp3) is 0.150. The van der Waals surface area contributed by atoms with Crippen molar-refractivity contribution in [3.63, 3.8) is 0 Å². The van der Waals surface area contributed by atoms with Crippen LogP contribution < -0.4 is 10.1 Å². The summed E-state index contributed by atoms with van der Waals surface area (Å²) in [5.74, 6) is -0.679. The van der Waals surface area contributed by atoms with E-state index in [0.29, 0.717) is 33.6 Å². The second-order valence-electron chi connectivity index (χ2n) is 5.79. The third-order valence-corrected chi connectivity index (χ3v) is 3.80. The van der Waals surface area contributed by atoms with E-state index in [-0.39, 0.29) is 18.3 Å². The highest BCUT2D eigenvalue weighted by Crippen LogP contribution is 2.32. The molecule has 0 radical (unpaired) electrons. The average molecular weight is 368 g/mol. The van der Waals surface area contributed by atoms with Crippen LogP contribution in [0, 0.1) is 5.82 Å². The molecule has 0 unspecified atom stereocenters. The number of aromatic nitrogens is 1. The number of amides is 1. The van der Waals surface area contributed by atoms with Gasteiger partial charge in [-0.15, -0.1) is 0 Å². The highest BCUT2D eigenvalue weighted by molar-refractivity contribution is 5.95. The molecule has 3 aromatic rings. The molecule has 0 saturated carbocycles. The molecule has 1 aromatic heterocycles. The lowest BCUT2D eigenvalue weighted by Crippen LogP contribution is -2.13. The first-order valence-corrected chi connectivity index (χ1v) is 8.14. The van der Waals surface area contributed by atoms with Gasteiger partial charge in [0.15, 0.2) is 6.61 Å². The maximum absolute atomic E-state index is 13.2. The Morgan fingerprint density at radius 3 is 2.52 bits per heavy atom. The predicted octanol–water partition coefficient (Wildman–Crippen LogP) is 3.55. The molecular weight excluding hydrogens is 351 g/mol. The van der Waals surface area contributed by atoms with E-state index in [1.807, 2.05) is 0 Å². The van der Waals surface area contributed by atoms with Gasteiger partial charge in [0.25, 0.3) is 0 Å². The number of anilines is 1. The fourth-order valence-electron chi connectivity index (χ4n) is 2.56. The van der Waals surface area contributed by atoms with Crippen LogP contribution in [0.25, 0.3) is 22.2 Å². The topological polar surface area (TPSA) is 77.5 Å². The van der Waals surface area contributed by atoms with Crippen molar-refractivity contribution < 1.29 is 23.5 Å². The number of fused-ring (bicyclic) bond motifs is 1. The Hall–Kier alpha value is -3.48. The number of esters is 1. The summed E-state index contributed by atoms with van der Waals surface area (Å²) in [5.41, 5.74) is 2.45. The Morgan fingerprint density at radius 1 is 1.11 bits per heavy atom. The normalized spacial score (nSPS) is 10.5. The van der Waals surface area contributed by atoms with E-state index in [1.165, 1.54) is 26.2 Å². The van der Waals surface area contributed by atoms with E-state index < -0.39 is 5.97 Å². The Morgan fingerprint density at radius 2 is 1.85 bits per heavy atom. The van der Waals surface area contributed by atoms with Gasteiger partial charge < -0.3 is 14.8 Å². The van der Waals surface area contributed by atoms with Crippen molar-refractivity contribution in [1.82, 2.24) is 4.98 Å². The smallest absolute Gasteiger partial charge is 0.343 e. The summed E-state index contributed by atoms with van der Waals surface area (Å²) in [6.07, 6.45) is 0. The summed E-state index contributed by atoms with van der Waals surface area (Å²) in [6.45, 7) is 1.14. The zero-order valence-corrected chi connectivity index (χ0v) is 14.8. The lowest BCUT2D eigenvalue weighted by molar-refractivity contribution is -0.142.